The number of rotatable bonds is 7. The number of halogens is 1. The molecule has 0 amide bonds. The minimum atomic E-state index is -0.105. The number of piperidine rings is 1. The number of likely N-dealkylation sites (tertiary alicyclic amines) is 1. The SMILES string of the molecule is CN=C(NCCc1ccccn1)NCC1CCN(Cc2ccccc2F)CC1. The van der Waals surface area contributed by atoms with Crippen LogP contribution in [0.5, 0.6) is 0 Å². The first-order chi connectivity index (χ1) is 13.7. The van der Waals surface area contributed by atoms with Crippen molar-refractivity contribution in [3.8, 4) is 0 Å². The second-order valence-corrected chi connectivity index (χ2v) is 7.26. The van der Waals surface area contributed by atoms with E-state index in [1.165, 1.54) is 0 Å². The molecule has 6 heteroatoms. The zero-order valence-corrected chi connectivity index (χ0v) is 16.6. The van der Waals surface area contributed by atoms with E-state index in [0.717, 1.165) is 62.7 Å². The van der Waals surface area contributed by atoms with Crippen LogP contribution >= 0.6 is 0 Å². The van der Waals surface area contributed by atoms with E-state index in [-0.39, 0.29) is 5.82 Å². The van der Waals surface area contributed by atoms with Gasteiger partial charge in [-0.05, 0) is 50.0 Å². The highest BCUT2D eigenvalue weighted by atomic mass is 19.1. The first kappa shape index (κ1) is 20.3. The molecule has 2 N–H and O–H groups in total. The molecule has 1 aliphatic rings. The molecule has 0 spiro atoms. The average molecular weight is 384 g/mol. The Morgan fingerprint density at radius 1 is 1.14 bits per heavy atom. The van der Waals surface area contributed by atoms with E-state index in [4.69, 9.17) is 0 Å². The van der Waals surface area contributed by atoms with Gasteiger partial charge in [-0.3, -0.25) is 14.9 Å². The van der Waals surface area contributed by atoms with Gasteiger partial charge in [0.05, 0.1) is 0 Å². The molecule has 2 heterocycles. The fraction of sp³-hybridized carbons (Fsp3) is 0.455. The minimum Gasteiger partial charge on any atom is -0.356 e. The van der Waals surface area contributed by atoms with Crippen molar-refractivity contribution in [2.75, 3.05) is 33.2 Å². The zero-order valence-electron chi connectivity index (χ0n) is 16.6. The zero-order chi connectivity index (χ0) is 19.6. The van der Waals surface area contributed by atoms with Gasteiger partial charge >= 0.3 is 0 Å². The second kappa shape index (κ2) is 10.8. The molecule has 0 aliphatic carbocycles. The highest BCUT2D eigenvalue weighted by molar-refractivity contribution is 5.79. The van der Waals surface area contributed by atoms with E-state index < -0.39 is 0 Å². The number of hydrogen-bond acceptors (Lipinski definition) is 3. The molecule has 1 saturated heterocycles. The molecular formula is C22H30FN5. The van der Waals surface area contributed by atoms with Gasteiger partial charge in [-0.15, -0.1) is 0 Å². The van der Waals surface area contributed by atoms with Crippen LogP contribution < -0.4 is 10.6 Å². The van der Waals surface area contributed by atoms with E-state index in [2.05, 4.69) is 25.5 Å². The smallest absolute Gasteiger partial charge is 0.190 e. The van der Waals surface area contributed by atoms with Crippen LogP contribution in [-0.2, 0) is 13.0 Å². The second-order valence-electron chi connectivity index (χ2n) is 7.26. The Kier molecular flexibility index (Phi) is 7.79. The van der Waals surface area contributed by atoms with Gasteiger partial charge in [0.2, 0.25) is 0 Å². The number of guanidine groups is 1. The van der Waals surface area contributed by atoms with E-state index in [1.807, 2.05) is 36.5 Å². The summed E-state index contributed by atoms with van der Waals surface area (Å²) in [5.74, 6) is 1.35. The molecule has 5 nitrogen and oxygen atoms in total. The summed E-state index contributed by atoms with van der Waals surface area (Å²) in [6.07, 6.45) is 4.93. The lowest BCUT2D eigenvalue weighted by molar-refractivity contribution is 0.176. The number of benzene rings is 1. The number of aromatic nitrogens is 1. The predicted molar refractivity (Wildman–Crippen MR) is 112 cm³/mol. The van der Waals surface area contributed by atoms with Gasteiger partial charge in [0.1, 0.15) is 5.82 Å². The number of nitrogens with one attached hydrogen (secondary N) is 2. The number of nitrogens with zero attached hydrogens (tertiary/aromatic N) is 3. The van der Waals surface area contributed by atoms with Gasteiger partial charge in [0, 0.05) is 50.6 Å². The van der Waals surface area contributed by atoms with Crippen molar-refractivity contribution in [2.24, 2.45) is 10.9 Å². The Morgan fingerprint density at radius 2 is 1.93 bits per heavy atom. The van der Waals surface area contributed by atoms with Crippen molar-refractivity contribution < 1.29 is 4.39 Å². The fourth-order valence-corrected chi connectivity index (χ4v) is 3.53. The Balaban J connectivity index is 1.34. The van der Waals surface area contributed by atoms with Crippen LogP contribution in [0.25, 0.3) is 0 Å². The lowest BCUT2D eigenvalue weighted by Gasteiger charge is -2.32. The average Bonchev–Trinajstić information content (AvgIpc) is 2.74. The molecule has 150 valence electrons. The van der Waals surface area contributed by atoms with Crippen LogP contribution in [0, 0.1) is 11.7 Å². The Hall–Kier alpha value is -2.47. The van der Waals surface area contributed by atoms with Gasteiger partial charge in [-0.2, -0.15) is 0 Å². The molecule has 28 heavy (non-hydrogen) atoms. The summed E-state index contributed by atoms with van der Waals surface area (Å²) in [6, 6.07) is 13.0. The molecule has 0 atom stereocenters. The molecule has 0 bridgehead atoms. The first-order valence-electron chi connectivity index (χ1n) is 10.0. The van der Waals surface area contributed by atoms with Crippen LogP contribution in [0.1, 0.15) is 24.1 Å². The maximum atomic E-state index is 13.8. The molecule has 0 saturated carbocycles. The highest BCUT2D eigenvalue weighted by Gasteiger charge is 2.20. The summed E-state index contributed by atoms with van der Waals surface area (Å²) in [5, 5.41) is 6.79. The van der Waals surface area contributed by atoms with Gasteiger partial charge < -0.3 is 10.6 Å². The van der Waals surface area contributed by atoms with Crippen LogP contribution in [0.4, 0.5) is 4.39 Å². The molecule has 1 aromatic carbocycles. The highest BCUT2D eigenvalue weighted by Crippen LogP contribution is 2.19. The number of hydrogen-bond donors (Lipinski definition) is 2. The van der Waals surface area contributed by atoms with E-state index in [9.17, 15) is 4.39 Å². The van der Waals surface area contributed by atoms with Gasteiger partial charge in [-0.1, -0.05) is 24.3 Å². The quantitative estimate of drug-likeness (QED) is 0.570. The predicted octanol–water partition coefficient (Wildman–Crippen LogP) is 2.84. The topological polar surface area (TPSA) is 52.6 Å². The Labute approximate surface area is 167 Å². The molecule has 0 radical (unpaired) electrons. The summed E-state index contributed by atoms with van der Waals surface area (Å²) in [5.41, 5.74) is 1.87. The largest absolute Gasteiger partial charge is 0.356 e. The van der Waals surface area contributed by atoms with Gasteiger partial charge in [0.15, 0.2) is 5.96 Å². The fourth-order valence-electron chi connectivity index (χ4n) is 3.53. The molecule has 3 rings (SSSR count). The normalized spacial score (nSPS) is 16.1. The maximum Gasteiger partial charge on any atom is 0.190 e. The summed E-state index contributed by atoms with van der Waals surface area (Å²) >= 11 is 0. The van der Waals surface area contributed by atoms with Crippen LogP contribution in [0.2, 0.25) is 0 Å². The van der Waals surface area contributed by atoms with Gasteiger partial charge in [0.25, 0.3) is 0 Å². The molecule has 2 aromatic rings. The third kappa shape index (κ3) is 6.30. The monoisotopic (exact) mass is 383 g/mol. The number of aliphatic imine (C=N–C) groups is 1. The first-order valence-corrected chi connectivity index (χ1v) is 10.0. The van der Waals surface area contributed by atoms with Crippen molar-refractivity contribution in [1.82, 2.24) is 20.5 Å². The third-order valence-corrected chi connectivity index (χ3v) is 5.24. The maximum absolute atomic E-state index is 13.8. The molecule has 1 aliphatic heterocycles. The van der Waals surface area contributed by atoms with Crippen LogP contribution in [0.15, 0.2) is 53.7 Å². The summed E-state index contributed by atoms with van der Waals surface area (Å²) in [4.78, 5) is 11.0. The van der Waals surface area contributed by atoms with Crippen molar-refractivity contribution >= 4 is 5.96 Å². The Bertz CT molecular complexity index is 742. The molecule has 0 unspecified atom stereocenters. The van der Waals surface area contributed by atoms with Crippen molar-refractivity contribution in [3.05, 3.63) is 65.7 Å². The van der Waals surface area contributed by atoms with Crippen LogP contribution in [-0.4, -0.2) is 49.1 Å². The lowest BCUT2D eigenvalue weighted by Crippen LogP contribution is -2.43. The molecular weight excluding hydrogens is 353 g/mol. The van der Waals surface area contributed by atoms with E-state index >= 15 is 0 Å². The summed E-state index contributed by atoms with van der Waals surface area (Å²) in [6.45, 7) is 4.43. The third-order valence-electron chi connectivity index (χ3n) is 5.24. The lowest BCUT2D eigenvalue weighted by atomic mass is 9.96. The van der Waals surface area contributed by atoms with Crippen molar-refractivity contribution in [3.63, 3.8) is 0 Å². The van der Waals surface area contributed by atoms with Crippen molar-refractivity contribution in [1.29, 1.82) is 0 Å². The van der Waals surface area contributed by atoms with E-state index in [1.54, 1.807) is 19.2 Å². The van der Waals surface area contributed by atoms with Crippen LogP contribution in [0.3, 0.4) is 0 Å². The summed E-state index contributed by atoms with van der Waals surface area (Å²) in [7, 11) is 1.80. The Morgan fingerprint density at radius 3 is 2.64 bits per heavy atom. The molecule has 1 aromatic heterocycles. The summed E-state index contributed by atoms with van der Waals surface area (Å²) < 4.78 is 13.8. The van der Waals surface area contributed by atoms with Gasteiger partial charge in [-0.25, -0.2) is 4.39 Å². The standard InChI is InChI=1S/C22H30FN5/c1-24-22(26-13-9-20-7-4-5-12-25-20)27-16-18-10-14-28(15-11-18)17-19-6-2-3-8-21(19)23/h2-8,12,18H,9-11,13-17H2,1H3,(H2,24,26,27). The number of pyridine rings is 1. The molecule has 1 fully saturated rings. The van der Waals surface area contributed by atoms with E-state index in [0.29, 0.717) is 12.5 Å². The minimum absolute atomic E-state index is 0.105. The van der Waals surface area contributed by atoms with Crippen molar-refractivity contribution in [2.45, 2.75) is 25.8 Å².